The summed E-state index contributed by atoms with van der Waals surface area (Å²) in [6, 6.07) is 2.11. The van der Waals surface area contributed by atoms with Gasteiger partial charge in [0.05, 0.1) is 24.8 Å². The van der Waals surface area contributed by atoms with Crippen LogP contribution in [0.15, 0.2) is 29.2 Å². The molecule has 2 atom stereocenters. The van der Waals surface area contributed by atoms with Crippen LogP contribution in [0.4, 0.5) is 0 Å². The van der Waals surface area contributed by atoms with E-state index in [4.69, 9.17) is 4.74 Å². The van der Waals surface area contributed by atoms with Crippen LogP contribution in [0.2, 0.25) is 0 Å². The number of amides is 1. The molecule has 1 amide bonds. The van der Waals surface area contributed by atoms with Gasteiger partial charge in [0.25, 0.3) is 0 Å². The number of ether oxygens (including phenoxy) is 1. The van der Waals surface area contributed by atoms with Crippen molar-refractivity contribution in [3.8, 4) is 0 Å². The van der Waals surface area contributed by atoms with Crippen LogP contribution in [0.3, 0.4) is 0 Å². The van der Waals surface area contributed by atoms with Crippen molar-refractivity contribution in [1.29, 1.82) is 0 Å². The van der Waals surface area contributed by atoms with E-state index in [0.717, 1.165) is 30.5 Å². The normalized spacial score (nSPS) is 21.5. The Kier molecular flexibility index (Phi) is 4.59. The van der Waals surface area contributed by atoms with Gasteiger partial charge in [0, 0.05) is 26.9 Å². The lowest BCUT2D eigenvalue weighted by atomic mass is 10.0. The van der Waals surface area contributed by atoms with Crippen molar-refractivity contribution in [1.82, 2.24) is 14.7 Å². The van der Waals surface area contributed by atoms with Crippen molar-refractivity contribution in [2.75, 3.05) is 13.7 Å². The third-order valence-corrected chi connectivity index (χ3v) is 4.98. The smallest absolute Gasteiger partial charge is 0.227 e. The second-order valence-electron chi connectivity index (χ2n) is 5.75. The first-order chi connectivity index (χ1) is 10.7. The Morgan fingerprint density at radius 2 is 2.36 bits per heavy atom. The first kappa shape index (κ1) is 15.2. The zero-order valence-corrected chi connectivity index (χ0v) is 13.8. The number of methoxy groups -OCH3 is 1. The summed E-state index contributed by atoms with van der Waals surface area (Å²) in [5, 5.41) is 8.27. The number of thiophene rings is 1. The Bertz CT molecular complexity index is 623. The molecule has 1 aliphatic heterocycles. The van der Waals surface area contributed by atoms with Crippen LogP contribution < -0.4 is 0 Å². The van der Waals surface area contributed by atoms with Crippen LogP contribution in [0.5, 0.6) is 0 Å². The molecule has 2 aromatic rings. The number of likely N-dealkylation sites (tertiary alicyclic amines) is 1. The summed E-state index contributed by atoms with van der Waals surface area (Å²) >= 11 is 1.63. The second-order valence-corrected chi connectivity index (χ2v) is 6.53. The molecule has 3 heterocycles. The minimum absolute atomic E-state index is 0.0975. The minimum atomic E-state index is 0.0975. The molecular weight excluding hydrogens is 298 g/mol. The quantitative estimate of drug-likeness (QED) is 0.845. The van der Waals surface area contributed by atoms with Crippen LogP contribution in [0, 0.1) is 0 Å². The molecule has 0 aromatic carbocycles. The topological polar surface area (TPSA) is 47.4 Å². The third kappa shape index (κ3) is 3.23. The van der Waals surface area contributed by atoms with Gasteiger partial charge in [-0.1, -0.05) is 0 Å². The van der Waals surface area contributed by atoms with E-state index < -0.39 is 0 Å². The maximum Gasteiger partial charge on any atom is 0.227 e. The van der Waals surface area contributed by atoms with Gasteiger partial charge in [-0.25, -0.2) is 0 Å². The molecule has 2 aromatic heterocycles. The second kappa shape index (κ2) is 6.62. The SMILES string of the molecule is CO[C@@H]1CCN(C(=O)Cc2ccsc2)[C@@H]1Cc1cnn(C)c1. The predicted molar refractivity (Wildman–Crippen MR) is 85.9 cm³/mol. The van der Waals surface area contributed by atoms with Crippen molar-refractivity contribution >= 4 is 17.2 Å². The van der Waals surface area contributed by atoms with Gasteiger partial charge >= 0.3 is 0 Å². The fourth-order valence-electron chi connectivity index (χ4n) is 3.14. The van der Waals surface area contributed by atoms with E-state index in [1.165, 1.54) is 0 Å². The summed E-state index contributed by atoms with van der Waals surface area (Å²) in [4.78, 5) is 14.6. The van der Waals surface area contributed by atoms with Crippen LogP contribution in [0.25, 0.3) is 0 Å². The Labute approximate surface area is 134 Å². The molecule has 0 aliphatic carbocycles. The molecule has 22 heavy (non-hydrogen) atoms. The number of hydrogen-bond acceptors (Lipinski definition) is 4. The van der Waals surface area contributed by atoms with Crippen molar-refractivity contribution in [2.24, 2.45) is 7.05 Å². The number of carbonyl (C=O) groups is 1. The summed E-state index contributed by atoms with van der Waals surface area (Å²) in [5.41, 5.74) is 2.24. The molecule has 0 bridgehead atoms. The van der Waals surface area contributed by atoms with Crippen molar-refractivity contribution < 1.29 is 9.53 Å². The average Bonchev–Trinajstić information content (AvgIpc) is 3.21. The number of carbonyl (C=O) groups excluding carboxylic acids is 1. The highest BCUT2D eigenvalue weighted by molar-refractivity contribution is 7.07. The molecule has 0 saturated carbocycles. The van der Waals surface area contributed by atoms with Gasteiger partial charge in [0.15, 0.2) is 0 Å². The fourth-order valence-corrected chi connectivity index (χ4v) is 3.81. The Morgan fingerprint density at radius 1 is 1.50 bits per heavy atom. The third-order valence-electron chi connectivity index (χ3n) is 4.25. The van der Waals surface area contributed by atoms with E-state index in [9.17, 15) is 4.79 Å². The highest BCUT2D eigenvalue weighted by Crippen LogP contribution is 2.25. The lowest BCUT2D eigenvalue weighted by Gasteiger charge is -2.27. The monoisotopic (exact) mass is 319 g/mol. The van der Waals surface area contributed by atoms with Crippen molar-refractivity contribution in [2.45, 2.75) is 31.4 Å². The number of rotatable bonds is 5. The maximum atomic E-state index is 12.6. The molecule has 1 saturated heterocycles. The lowest BCUT2D eigenvalue weighted by molar-refractivity contribution is -0.132. The molecule has 0 N–H and O–H groups in total. The molecule has 1 aliphatic rings. The standard InChI is InChI=1S/C16H21N3O2S/c1-18-10-13(9-17-18)7-14-15(21-2)3-5-19(14)16(20)8-12-4-6-22-11-12/h4,6,9-11,14-15H,3,5,7-8H2,1-2H3/t14-,15-/m1/s1. The summed E-state index contributed by atoms with van der Waals surface area (Å²) in [5.74, 6) is 0.187. The molecule has 0 spiro atoms. The highest BCUT2D eigenvalue weighted by atomic mass is 32.1. The highest BCUT2D eigenvalue weighted by Gasteiger charge is 2.37. The average molecular weight is 319 g/mol. The van der Waals surface area contributed by atoms with Gasteiger partial charge in [-0.3, -0.25) is 9.48 Å². The first-order valence-corrected chi connectivity index (χ1v) is 8.42. The maximum absolute atomic E-state index is 12.6. The van der Waals surface area contributed by atoms with E-state index >= 15 is 0 Å². The van der Waals surface area contributed by atoms with Gasteiger partial charge in [0.2, 0.25) is 5.91 Å². The summed E-state index contributed by atoms with van der Waals surface area (Å²) in [7, 11) is 3.64. The number of hydrogen-bond donors (Lipinski definition) is 0. The summed E-state index contributed by atoms with van der Waals surface area (Å²) < 4.78 is 7.39. The number of aromatic nitrogens is 2. The van der Waals surface area contributed by atoms with Crippen LogP contribution in [-0.2, 0) is 29.4 Å². The van der Waals surface area contributed by atoms with Gasteiger partial charge in [0.1, 0.15) is 0 Å². The Balaban J connectivity index is 1.72. The zero-order chi connectivity index (χ0) is 15.5. The van der Waals surface area contributed by atoms with Crippen molar-refractivity contribution in [3.63, 3.8) is 0 Å². The molecule has 1 fully saturated rings. The summed E-state index contributed by atoms with van der Waals surface area (Å²) in [6.07, 6.45) is 6.15. The molecule has 3 rings (SSSR count). The molecule has 5 nitrogen and oxygen atoms in total. The van der Waals surface area contributed by atoms with E-state index in [1.54, 1.807) is 23.1 Å². The lowest BCUT2D eigenvalue weighted by Crippen LogP contribution is -2.42. The summed E-state index contributed by atoms with van der Waals surface area (Å²) in [6.45, 7) is 0.770. The van der Waals surface area contributed by atoms with Crippen LogP contribution >= 0.6 is 11.3 Å². The van der Waals surface area contributed by atoms with Crippen LogP contribution in [0.1, 0.15) is 17.5 Å². The van der Waals surface area contributed by atoms with Gasteiger partial charge < -0.3 is 9.64 Å². The molecular formula is C16H21N3O2S. The Morgan fingerprint density at radius 3 is 3.00 bits per heavy atom. The molecule has 6 heteroatoms. The molecule has 118 valence electrons. The molecule has 0 radical (unpaired) electrons. The van der Waals surface area contributed by atoms with E-state index in [2.05, 4.69) is 5.10 Å². The number of aryl methyl sites for hydroxylation is 1. The minimum Gasteiger partial charge on any atom is -0.379 e. The zero-order valence-electron chi connectivity index (χ0n) is 12.9. The molecule has 0 unspecified atom stereocenters. The first-order valence-electron chi connectivity index (χ1n) is 7.48. The number of nitrogens with zero attached hydrogens (tertiary/aromatic N) is 3. The largest absolute Gasteiger partial charge is 0.379 e. The van der Waals surface area contributed by atoms with Gasteiger partial charge in [-0.2, -0.15) is 16.4 Å². The van der Waals surface area contributed by atoms with Crippen LogP contribution in [-0.4, -0.2) is 46.4 Å². The van der Waals surface area contributed by atoms with E-state index in [1.807, 2.05) is 41.2 Å². The predicted octanol–water partition coefficient (Wildman–Crippen LogP) is 1.88. The van der Waals surface area contributed by atoms with E-state index in [-0.39, 0.29) is 18.1 Å². The fraction of sp³-hybridized carbons (Fsp3) is 0.500. The van der Waals surface area contributed by atoms with Gasteiger partial charge in [-0.15, -0.1) is 0 Å². The van der Waals surface area contributed by atoms with Crippen molar-refractivity contribution in [3.05, 3.63) is 40.3 Å². The Hall–Kier alpha value is -1.66. The van der Waals surface area contributed by atoms with Gasteiger partial charge in [-0.05, 0) is 40.8 Å². The van der Waals surface area contributed by atoms with E-state index in [0.29, 0.717) is 6.42 Å².